The highest BCUT2D eigenvalue weighted by Gasteiger charge is 2.07. The third kappa shape index (κ3) is 2.71. The Labute approximate surface area is 117 Å². The molecule has 0 saturated heterocycles. The summed E-state index contributed by atoms with van der Waals surface area (Å²) >= 11 is 0. The predicted octanol–water partition coefficient (Wildman–Crippen LogP) is 0.480. The van der Waals surface area contributed by atoms with Crippen LogP contribution in [0.4, 0.5) is 0 Å². The van der Waals surface area contributed by atoms with Gasteiger partial charge in [0, 0.05) is 11.6 Å². The smallest absolute Gasteiger partial charge is 0.305 e. The van der Waals surface area contributed by atoms with Gasteiger partial charge in [0.1, 0.15) is 0 Å². The summed E-state index contributed by atoms with van der Waals surface area (Å²) in [6, 6.07) is 11.9. The van der Waals surface area contributed by atoms with E-state index in [-0.39, 0.29) is 5.69 Å². The molecule has 0 bridgehead atoms. The SMILES string of the molecule is O=c1cc(-c2cc(-c3ccccc3)nc(=O)[nH]2)[nH]c(=O)[nH]1. The third-order valence-electron chi connectivity index (χ3n) is 2.86. The van der Waals surface area contributed by atoms with Crippen molar-refractivity contribution in [1.82, 2.24) is 19.9 Å². The van der Waals surface area contributed by atoms with Crippen LogP contribution in [-0.2, 0) is 0 Å². The average Bonchev–Trinajstić information content (AvgIpc) is 2.46. The fourth-order valence-electron chi connectivity index (χ4n) is 1.97. The lowest BCUT2D eigenvalue weighted by Crippen LogP contribution is -2.22. The minimum Gasteiger partial charge on any atom is -0.305 e. The second kappa shape index (κ2) is 5.04. The molecule has 3 rings (SSSR count). The maximum absolute atomic E-state index is 11.7. The van der Waals surface area contributed by atoms with Gasteiger partial charge in [-0.25, -0.2) is 9.59 Å². The molecule has 0 aliphatic carbocycles. The minimum absolute atomic E-state index is 0.223. The highest BCUT2D eigenvalue weighted by molar-refractivity contribution is 5.65. The molecule has 0 fully saturated rings. The van der Waals surface area contributed by atoms with Crippen LogP contribution in [0.1, 0.15) is 0 Å². The van der Waals surface area contributed by atoms with Crippen molar-refractivity contribution in [2.45, 2.75) is 0 Å². The first-order valence-electron chi connectivity index (χ1n) is 6.12. The molecule has 0 aliphatic rings. The van der Waals surface area contributed by atoms with Gasteiger partial charge in [0.25, 0.3) is 5.56 Å². The van der Waals surface area contributed by atoms with E-state index in [0.29, 0.717) is 11.4 Å². The Balaban J connectivity index is 2.21. The van der Waals surface area contributed by atoms with Gasteiger partial charge in [0.2, 0.25) is 0 Å². The maximum atomic E-state index is 11.7. The van der Waals surface area contributed by atoms with Crippen LogP contribution in [0.2, 0.25) is 0 Å². The lowest BCUT2D eigenvalue weighted by atomic mass is 10.1. The van der Waals surface area contributed by atoms with Crippen molar-refractivity contribution >= 4 is 0 Å². The Morgan fingerprint density at radius 3 is 2.24 bits per heavy atom. The van der Waals surface area contributed by atoms with Crippen LogP contribution in [0, 0.1) is 0 Å². The van der Waals surface area contributed by atoms with Gasteiger partial charge < -0.3 is 9.97 Å². The lowest BCUT2D eigenvalue weighted by Gasteiger charge is -2.04. The molecule has 1 aromatic carbocycles. The second-order valence-electron chi connectivity index (χ2n) is 4.35. The maximum Gasteiger partial charge on any atom is 0.346 e. The van der Waals surface area contributed by atoms with Gasteiger partial charge in [-0.2, -0.15) is 4.98 Å². The number of nitrogens with zero attached hydrogens (tertiary/aromatic N) is 1. The van der Waals surface area contributed by atoms with Crippen molar-refractivity contribution in [1.29, 1.82) is 0 Å². The standard InChI is InChI=1S/C14H10N4O3/c19-12-7-11(17-14(21)18-12)10-6-9(15-13(20)16-10)8-4-2-1-3-5-8/h1-7H,(H,15,16,20)(H2,17,18,19,21). The van der Waals surface area contributed by atoms with Crippen LogP contribution < -0.4 is 16.9 Å². The van der Waals surface area contributed by atoms with Crippen molar-refractivity contribution in [2.75, 3.05) is 0 Å². The molecule has 7 heteroatoms. The fraction of sp³-hybridized carbons (Fsp3) is 0. The largest absolute Gasteiger partial charge is 0.346 e. The van der Waals surface area contributed by atoms with Gasteiger partial charge in [-0.05, 0) is 6.07 Å². The molecular formula is C14H10N4O3. The summed E-state index contributed by atoms with van der Waals surface area (Å²) in [6.07, 6.45) is 0. The van der Waals surface area contributed by atoms with Crippen LogP contribution in [-0.4, -0.2) is 19.9 Å². The topological polar surface area (TPSA) is 111 Å². The molecule has 104 valence electrons. The Morgan fingerprint density at radius 2 is 1.52 bits per heavy atom. The van der Waals surface area contributed by atoms with E-state index in [1.807, 2.05) is 30.3 Å². The zero-order valence-corrected chi connectivity index (χ0v) is 10.7. The van der Waals surface area contributed by atoms with Crippen molar-refractivity contribution < 1.29 is 0 Å². The van der Waals surface area contributed by atoms with E-state index in [1.54, 1.807) is 6.07 Å². The fourth-order valence-corrected chi connectivity index (χ4v) is 1.97. The normalized spacial score (nSPS) is 10.5. The van der Waals surface area contributed by atoms with Gasteiger partial charge in [-0.15, -0.1) is 0 Å². The number of rotatable bonds is 2. The second-order valence-corrected chi connectivity index (χ2v) is 4.35. The molecule has 7 nitrogen and oxygen atoms in total. The molecule has 3 aromatic rings. The highest BCUT2D eigenvalue weighted by atomic mass is 16.2. The molecule has 21 heavy (non-hydrogen) atoms. The summed E-state index contributed by atoms with van der Waals surface area (Å²) in [5.74, 6) is 0. The molecular weight excluding hydrogens is 272 g/mol. The number of hydrogen-bond donors (Lipinski definition) is 3. The molecule has 0 spiro atoms. The van der Waals surface area contributed by atoms with Gasteiger partial charge in [-0.3, -0.25) is 9.78 Å². The number of aromatic amines is 3. The zero-order chi connectivity index (χ0) is 14.8. The quantitative estimate of drug-likeness (QED) is 0.634. The molecule has 0 radical (unpaired) electrons. The van der Waals surface area contributed by atoms with Crippen LogP contribution in [0.5, 0.6) is 0 Å². The van der Waals surface area contributed by atoms with Crippen molar-refractivity contribution in [3.05, 3.63) is 73.8 Å². The minimum atomic E-state index is -0.642. The van der Waals surface area contributed by atoms with Gasteiger partial charge in [0.05, 0.1) is 17.1 Å². The van der Waals surface area contributed by atoms with Crippen LogP contribution >= 0.6 is 0 Å². The first-order valence-corrected chi connectivity index (χ1v) is 6.12. The summed E-state index contributed by atoms with van der Waals surface area (Å²) in [7, 11) is 0. The number of aromatic nitrogens is 4. The monoisotopic (exact) mass is 282 g/mol. The van der Waals surface area contributed by atoms with Crippen LogP contribution in [0.3, 0.4) is 0 Å². The predicted molar refractivity (Wildman–Crippen MR) is 77.0 cm³/mol. The van der Waals surface area contributed by atoms with Crippen molar-refractivity contribution in [2.24, 2.45) is 0 Å². The molecule has 0 aliphatic heterocycles. The highest BCUT2D eigenvalue weighted by Crippen LogP contribution is 2.18. The molecule has 0 amide bonds. The Morgan fingerprint density at radius 1 is 0.810 bits per heavy atom. The molecule has 2 heterocycles. The van der Waals surface area contributed by atoms with E-state index in [4.69, 9.17) is 0 Å². The molecule has 0 atom stereocenters. The van der Waals surface area contributed by atoms with Crippen molar-refractivity contribution in [3.8, 4) is 22.6 Å². The molecule has 0 unspecified atom stereocenters. The van der Waals surface area contributed by atoms with Crippen LogP contribution in [0.15, 0.2) is 56.8 Å². The van der Waals surface area contributed by atoms with E-state index in [9.17, 15) is 14.4 Å². The number of hydrogen-bond acceptors (Lipinski definition) is 4. The van der Waals surface area contributed by atoms with E-state index < -0.39 is 16.9 Å². The molecule has 2 aromatic heterocycles. The summed E-state index contributed by atoms with van der Waals surface area (Å²) in [6.45, 7) is 0. The summed E-state index contributed by atoms with van der Waals surface area (Å²) < 4.78 is 0. The summed E-state index contributed by atoms with van der Waals surface area (Å²) in [4.78, 5) is 45.2. The summed E-state index contributed by atoms with van der Waals surface area (Å²) in [5, 5.41) is 0. The van der Waals surface area contributed by atoms with E-state index in [2.05, 4.69) is 19.9 Å². The van der Waals surface area contributed by atoms with Gasteiger partial charge in [0.15, 0.2) is 0 Å². The average molecular weight is 282 g/mol. The number of benzene rings is 1. The van der Waals surface area contributed by atoms with E-state index in [1.165, 1.54) is 6.07 Å². The summed E-state index contributed by atoms with van der Waals surface area (Å²) in [5.41, 5.74) is 0.00146. The third-order valence-corrected chi connectivity index (χ3v) is 2.86. The Bertz CT molecular complexity index is 926. The van der Waals surface area contributed by atoms with Crippen molar-refractivity contribution in [3.63, 3.8) is 0 Å². The first-order chi connectivity index (χ1) is 10.1. The number of nitrogens with one attached hydrogen (secondary N) is 3. The first kappa shape index (κ1) is 12.8. The Hall–Kier alpha value is -3.22. The van der Waals surface area contributed by atoms with Gasteiger partial charge in [-0.1, -0.05) is 30.3 Å². The Kier molecular flexibility index (Phi) is 3.07. The van der Waals surface area contributed by atoms with E-state index in [0.717, 1.165) is 5.56 Å². The number of H-pyrrole nitrogens is 3. The zero-order valence-electron chi connectivity index (χ0n) is 10.7. The molecule has 0 saturated carbocycles. The molecule has 3 N–H and O–H groups in total. The van der Waals surface area contributed by atoms with Crippen LogP contribution in [0.25, 0.3) is 22.6 Å². The van der Waals surface area contributed by atoms with Gasteiger partial charge >= 0.3 is 11.4 Å². The lowest BCUT2D eigenvalue weighted by molar-refractivity contribution is 1.02. The van der Waals surface area contributed by atoms with E-state index >= 15 is 0 Å².